The quantitative estimate of drug-likeness (QED) is 0.783. The fourth-order valence-electron chi connectivity index (χ4n) is 1.07. The van der Waals surface area contributed by atoms with Gasteiger partial charge in [0.05, 0.1) is 5.69 Å². The molecule has 1 aromatic rings. The van der Waals surface area contributed by atoms with E-state index in [1.54, 1.807) is 6.07 Å². The molecule has 0 aliphatic heterocycles. The molecule has 0 aliphatic rings. The average molecular weight is 199 g/mol. The molecule has 0 saturated heterocycles. The predicted octanol–water partition coefficient (Wildman–Crippen LogP) is 3.42. The lowest BCUT2D eigenvalue weighted by molar-refractivity contribution is 0.509. The molecule has 1 rings (SSSR count). The first-order valence-corrected chi connectivity index (χ1v) is 4.83. The van der Waals surface area contributed by atoms with Crippen molar-refractivity contribution < 1.29 is 8.78 Å². The molecule has 14 heavy (non-hydrogen) atoms. The molecule has 0 aromatic heterocycles. The zero-order chi connectivity index (χ0) is 10.6. The number of hydrogen-bond donors (Lipinski definition) is 1. The first kappa shape index (κ1) is 11.0. The minimum Gasteiger partial charge on any atom is -0.382 e. The van der Waals surface area contributed by atoms with Crippen molar-refractivity contribution in [2.75, 3.05) is 11.9 Å². The summed E-state index contributed by atoms with van der Waals surface area (Å²) in [7, 11) is 0. The lowest BCUT2D eigenvalue weighted by atomic mass is 10.1. The second kappa shape index (κ2) is 4.94. The van der Waals surface area contributed by atoms with E-state index in [0.717, 1.165) is 12.5 Å². The van der Waals surface area contributed by atoms with Gasteiger partial charge in [0.15, 0.2) is 11.6 Å². The van der Waals surface area contributed by atoms with Crippen molar-refractivity contribution in [1.82, 2.24) is 0 Å². The zero-order valence-corrected chi connectivity index (χ0v) is 8.48. The highest BCUT2D eigenvalue weighted by Crippen LogP contribution is 2.17. The van der Waals surface area contributed by atoms with E-state index >= 15 is 0 Å². The number of halogens is 2. The van der Waals surface area contributed by atoms with Crippen LogP contribution in [0.2, 0.25) is 0 Å². The van der Waals surface area contributed by atoms with Crippen molar-refractivity contribution in [3.8, 4) is 0 Å². The van der Waals surface area contributed by atoms with Gasteiger partial charge in [-0.3, -0.25) is 0 Å². The molecule has 1 aromatic carbocycles. The predicted molar refractivity (Wildman–Crippen MR) is 54.3 cm³/mol. The van der Waals surface area contributed by atoms with E-state index in [0.29, 0.717) is 12.5 Å². The van der Waals surface area contributed by atoms with Gasteiger partial charge in [0, 0.05) is 6.54 Å². The molecule has 78 valence electrons. The summed E-state index contributed by atoms with van der Waals surface area (Å²) in [6.45, 7) is 4.79. The van der Waals surface area contributed by atoms with Gasteiger partial charge in [-0.15, -0.1) is 0 Å². The van der Waals surface area contributed by atoms with Crippen molar-refractivity contribution in [1.29, 1.82) is 0 Å². The van der Waals surface area contributed by atoms with Gasteiger partial charge in [0.2, 0.25) is 0 Å². The Morgan fingerprint density at radius 1 is 1.36 bits per heavy atom. The van der Waals surface area contributed by atoms with Crippen LogP contribution in [0.25, 0.3) is 0 Å². The molecular weight excluding hydrogens is 184 g/mol. The van der Waals surface area contributed by atoms with Gasteiger partial charge in [-0.1, -0.05) is 26.3 Å². The summed E-state index contributed by atoms with van der Waals surface area (Å²) in [4.78, 5) is 0. The van der Waals surface area contributed by atoms with E-state index < -0.39 is 11.6 Å². The fourth-order valence-corrected chi connectivity index (χ4v) is 1.07. The third-order valence-electron chi connectivity index (χ3n) is 2.29. The molecule has 0 amide bonds. The summed E-state index contributed by atoms with van der Waals surface area (Å²) < 4.78 is 25.9. The number of nitrogens with one attached hydrogen (secondary N) is 1. The summed E-state index contributed by atoms with van der Waals surface area (Å²) >= 11 is 0. The van der Waals surface area contributed by atoms with Gasteiger partial charge in [-0.25, -0.2) is 8.78 Å². The van der Waals surface area contributed by atoms with E-state index in [9.17, 15) is 8.78 Å². The molecule has 1 unspecified atom stereocenters. The average Bonchev–Trinajstić information content (AvgIpc) is 2.20. The van der Waals surface area contributed by atoms with Crippen LogP contribution in [-0.2, 0) is 0 Å². The summed E-state index contributed by atoms with van der Waals surface area (Å²) in [5.41, 5.74) is 0.241. The molecule has 0 saturated carbocycles. The first-order chi connectivity index (χ1) is 6.65. The van der Waals surface area contributed by atoms with Crippen molar-refractivity contribution in [3.63, 3.8) is 0 Å². The number of hydrogen-bond acceptors (Lipinski definition) is 1. The van der Waals surface area contributed by atoms with Crippen LogP contribution in [0.4, 0.5) is 14.5 Å². The number of anilines is 1. The monoisotopic (exact) mass is 199 g/mol. The van der Waals surface area contributed by atoms with Crippen LogP contribution in [0.1, 0.15) is 20.3 Å². The standard InChI is InChI=1S/C11H15F2N/c1-3-8(2)7-14-10-6-4-5-9(12)11(10)13/h4-6,8,14H,3,7H2,1-2H3. The van der Waals surface area contributed by atoms with Crippen molar-refractivity contribution in [2.24, 2.45) is 5.92 Å². The Morgan fingerprint density at radius 2 is 2.07 bits per heavy atom. The van der Waals surface area contributed by atoms with Crippen LogP contribution in [-0.4, -0.2) is 6.54 Å². The number of rotatable bonds is 4. The maximum absolute atomic E-state index is 13.1. The smallest absolute Gasteiger partial charge is 0.181 e. The molecule has 0 fully saturated rings. The second-order valence-corrected chi connectivity index (χ2v) is 3.50. The van der Waals surface area contributed by atoms with Gasteiger partial charge in [0.1, 0.15) is 0 Å². The largest absolute Gasteiger partial charge is 0.382 e. The van der Waals surface area contributed by atoms with E-state index in [-0.39, 0.29) is 5.69 Å². The summed E-state index contributed by atoms with van der Waals surface area (Å²) in [6, 6.07) is 4.15. The minimum absolute atomic E-state index is 0.241. The molecule has 3 heteroatoms. The minimum atomic E-state index is -0.806. The van der Waals surface area contributed by atoms with Gasteiger partial charge in [-0.2, -0.15) is 0 Å². The molecule has 0 radical (unpaired) electrons. The zero-order valence-electron chi connectivity index (χ0n) is 8.48. The van der Waals surface area contributed by atoms with Crippen LogP contribution in [0.15, 0.2) is 18.2 Å². The third-order valence-corrected chi connectivity index (χ3v) is 2.29. The highest BCUT2D eigenvalue weighted by molar-refractivity contribution is 5.44. The first-order valence-electron chi connectivity index (χ1n) is 4.83. The SMILES string of the molecule is CCC(C)CNc1cccc(F)c1F. The van der Waals surface area contributed by atoms with Gasteiger partial charge in [-0.05, 0) is 18.1 Å². The Bertz CT molecular complexity index is 299. The Balaban J connectivity index is 2.63. The maximum atomic E-state index is 13.1. The van der Waals surface area contributed by atoms with Crippen molar-refractivity contribution >= 4 is 5.69 Å². The lowest BCUT2D eigenvalue weighted by Crippen LogP contribution is -2.11. The fraction of sp³-hybridized carbons (Fsp3) is 0.455. The summed E-state index contributed by atoms with van der Waals surface area (Å²) in [5.74, 6) is -1.15. The number of benzene rings is 1. The highest BCUT2D eigenvalue weighted by atomic mass is 19.2. The van der Waals surface area contributed by atoms with E-state index in [4.69, 9.17) is 0 Å². The van der Waals surface area contributed by atoms with Crippen molar-refractivity contribution in [2.45, 2.75) is 20.3 Å². The highest BCUT2D eigenvalue weighted by Gasteiger charge is 2.07. The van der Waals surface area contributed by atoms with Crippen LogP contribution in [0.3, 0.4) is 0 Å². The second-order valence-electron chi connectivity index (χ2n) is 3.50. The van der Waals surface area contributed by atoms with Crippen molar-refractivity contribution in [3.05, 3.63) is 29.8 Å². The molecule has 1 atom stereocenters. The topological polar surface area (TPSA) is 12.0 Å². The van der Waals surface area contributed by atoms with Crippen LogP contribution < -0.4 is 5.32 Å². The molecule has 0 heterocycles. The molecule has 0 spiro atoms. The molecule has 0 aliphatic carbocycles. The molecule has 0 bridgehead atoms. The maximum Gasteiger partial charge on any atom is 0.181 e. The molecule has 1 nitrogen and oxygen atoms in total. The molecule has 1 N–H and O–H groups in total. The van der Waals surface area contributed by atoms with Crippen LogP contribution in [0.5, 0.6) is 0 Å². The molecular formula is C11H15F2N. The third kappa shape index (κ3) is 2.69. The van der Waals surface area contributed by atoms with Crippen LogP contribution >= 0.6 is 0 Å². The summed E-state index contributed by atoms with van der Waals surface area (Å²) in [6.07, 6.45) is 1.02. The van der Waals surface area contributed by atoms with Gasteiger partial charge < -0.3 is 5.32 Å². The Hall–Kier alpha value is -1.12. The Labute approximate surface area is 83.1 Å². The Kier molecular flexibility index (Phi) is 3.86. The summed E-state index contributed by atoms with van der Waals surface area (Å²) in [5, 5.41) is 2.89. The van der Waals surface area contributed by atoms with Crippen LogP contribution in [0, 0.1) is 17.6 Å². The Morgan fingerprint density at radius 3 is 2.71 bits per heavy atom. The van der Waals surface area contributed by atoms with Gasteiger partial charge >= 0.3 is 0 Å². The lowest BCUT2D eigenvalue weighted by Gasteiger charge is -2.11. The van der Waals surface area contributed by atoms with E-state index in [1.165, 1.54) is 6.07 Å². The van der Waals surface area contributed by atoms with E-state index in [1.807, 2.05) is 0 Å². The van der Waals surface area contributed by atoms with E-state index in [2.05, 4.69) is 19.2 Å². The normalized spacial score (nSPS) is 12.6. The van der Waals surface area contributed by atoms with Gasteiger partial charge in [0.25, 0.3) is 0 Å².